The van der Waals surface area contributed by atoms with Gasteiger partial charge in [-0.1, -0.05) is 21.1 Å². The third-order valence-corrected chi connectivity index (χ3v) is 3.70. The molecule has 0 fully saturated rings. The molecule has 1 aromatic carbocycles. The van der Waals surface area contributed by atoms with Crippen LogP contribution in [0.5, 0.6) is 0 Å². The van der Waals surface area contributed by atoms with Gasteiger partial charge in [0, 0.05) is 17.6 Å². The Morgan fingerprint density at radius 3 is 2.90 bits per heavy atom. The number of aryl methyl sites for hydroxylation is 1. The summed E-state index contributed by atoms with van der Waals surface area (Å²) in [5.74, 6) is 0.967. The molecule has 0 atom stereocenters. The summed E-state index contributed by atoms with van der Waals surface area (Å²) in [4.78, 5) is 4.69. The lowest BCUT2D eigenvalue weighted by Gasteiger charge is -2.05. The minimum atomic E-state index is 0.400. The van der Waals surface area contributed by atoms with Crippen LogP contribution in [0.1, 0.15) is 18.4 Å². The highest BCUT2D eigenvalue weighted by Gasteiger charge is 2.11. The molecule has 0 radical (unpaired) electrons. The fourth-order valence-corrected chi connectivity index (χ4v) is 2.63. The number of halogens is 1. The lowest BCUT2D eigenvalue weighted by Crippen LogP contribution is -2.08. The van der Waals surface area contributed by atoms with Gasteiger partial charge >= 0.3 is 0 Å². The Labute approximate surface area is 124 Å². The topological polar surface area (TPSA) is 74.5 Å². The van der Waals surface area contributed by atoms with Crippen LogP contribution in [0, 0.1) is 0 Å². The number of imidazole rings is 1. The highest BCUT2D eigenvalue weighted by atomic mass is 79.9. The second kappa shape index (κ2) is 5.34. The molecule has 2 heterocycles. The van der Waals surface area contributed by atoms with Gasteiger partial charge in [-0.05, 0) is 25.1 Å². The maximum atomic E-state index is 5.55. The molecule has 20 heavy (non-hydrogen) atoms. The lowest BCUT2D eigenvalue weighted by molar-refractivity contribution is 0.594. The summed E-state index contributed by atoms with van der Waals surface area (Å²) in [6, 6.07) is 6.13. The van der Waals surface area contributed by atoms with E-state index in [9.17, 15) is 0 Å². The number of hydrogen-bond acceptors (Lipinski definition) is 4. The van der Waals surface area contributed by atoms with Crippen LogP contribution in [-0.4, -0.2) is 24.5 Å². The van der Waals surface area contributed by atoms with Crippen molar-refractivity contribution in [1.29, 1.82) is 0 Å². The lowest BCUT2D eigenvalue weighted by atomic mass is 10.3. The van der Waals surface area contributed by atoms with Crippen LogP contribution in [0.2, 0.25) is 0 Å². The molecule has 0 aliphatic rings. The second-order valence-electron chi connectivity index (χ2n) is 4.52. The molecule has 0 amide bonds. The summed E-state index contributed by atoms with van der Waals surface area (Å²) < 4.78 is 4.99. The Balaban J connectivity index is 2.01. The molecule has 0 saturated heterocycles. The Kier molecular flexibility index (Phi) is 3.54. The number of nitrogens with two attached hydrogens (primary N) is 1. The van der Waals surface area contributed by atoms with Crippen molar-refractivity contribution in [3.05, 3.63) is 40.4 Å². The Hall–Kier alpha value is -1.73. The van der Waals surface area contributed by atoms with Gasteiger partial charge in [0.05, 0.1) is 22.9 Å². The molecule has 6 nitrogen and oxygen atoms in total. The molecule has 7 heteroatoms. The molecule has 104 valence electrons. The van der Waals surface area contributed by atoms with Crippen LogP contribution in [0.15, 0.2) is 28.9 Å². The molecule has 0 bridgehead atoms. The third kappa shape index (κ3) is 2.34. The molecular weight excluding hydrogens is 320 g/mol. The van der Waals surface area contributed by atoms with Crippen LogP contribution < -0.4 is 5.73 Å². The van der Waals surface area contributed by atoms with Crippen molar-refractivity contribution in [2.75, 3.05) is 0 Å². The van der Waals surface area contributed by atoms with E-state index < -0.39 is 0 Å². The van der Waals surface area contributed by atoms with Crippen LogP contribution in [0.3, 0.4) is 0 Å². The molecule has 0 saturated carbocycles. The van der Waals surface area contributed by atoms with E-state index in [-0.39, 0.29) is 0 Å². The number of rotatable bonds is 4. The molecule has 0 unspecified atom stereocenters. The molecule has 2 aromatic heterocycles. The normalized spacial score (nSPS) is 11.3. The zero-order chi connectivity index (χ0) is 14.1. The first-order valence-electron chi connectivity index (χ1n) is 6.45. The van der Waals surface area contributed by atoms with Crippen molar-refractivity contribution >= 4 is 27.0 Å². The van der Waals surface area contributed by atoms with E-state index in [4.69, 9.17) is 5.73 Å². The first-order chi connectivity index (χ1) is 9.71. The van der Waals surface area contributed by atoms with Gasteiger partial charge in [0.15, 0.2) is 0 Å². The fraction of sp³-hybridized carbons (Fsp3) is 0.308. The van der Waals surface area contributed by atoms with E-state index in [0.29, 0.717) is 13.1 Å². The number of aromatic nitrogens is 5. The van der Waals surface area contributed by atoms with Gasteiger partial charge in [-0.3, -0.25) is 0 Å². The Morgan fingerprint density at radius 1 is 1.35 bits per heavy atom. The third-order valence-electron chi connectivity index (χ3n) is 3.20. The van der Waals surface area contributed by atoms with Gasteiger partial charge in [0.2, 0.25) is 0 Å². The fourth-order valence-electron chi connectivity index (χ4n) is 2.28. The smallest absolute Gasteiger partial charge is 0.131 e. The second-order valence-corrected chi connectivity index (χ2v) is 5.43. The van der Waals surface area contributed by atoms with E-state index in [1.807, 2.05) is 18.3 Å². The van der Waals surface area contributed by atoms with Crippen molar-refractivity contribution in [1.82, 2.24) is 24.5 Å². The van der Waals surface area contributed by atoms with E-state index >= 15 is 0 Å². The standard InChI is InChI=1S/C13H15BrN6/c1-2-20-12-4-3-9(14)5-11(12)16-13(20)8-19-7-10(6-15)17-18-19/h3-5,7H,2,6,8,15H2,1H3. The van der Waals surface area contributed by atoms with Gasteiger partial charge in [0.25, 0.3) is 0 Å². The minimum absolute atomic E-state index is 0.400. The van der Waals surface area contributed by atoms with Crippen molar-refractivity contribution in [3.8, 4) is 0 Å². The van der Waals surface area contributed by atoms with Crippen molar-refractivity contribution in [2.24, 2.45) is 5.73 Å². The van der Waals surface area contributed by atoms with Crippen LogP contribution in [0.25, 0.3) is 11.0 Å². The predicted octanol–water partition coefficient (Wildman–Crippen LogP) is 1.92. The first-order valence-corrected chi connectivity index (χ1v) is 7.24. The van der Waals surface area contributed by atoms with E-state index in [2.05, 4.69) is 48.8 Å². The molecule has 0 aliphatic heterocycles. The van der Waals surface area contributed by atoms with Gasteiger partial charge in [-0.15, -0.1) is 5.10 Å². The van der Waals surface area contributed by atoms with E-state index in [0.717, 1.165) is 33.6 Å². The molecule has 3 rings (SSSR count). The maximum Gasteiger partial charge on any atom is 0.131 e. The summed E-state index contributed by atoms with van der Waals surface area (Å²) in [7, 11) is 0. The van der Waals surface area contributed by atoms with Gasteiger partial charge in [0.1, 0.15) is 12.4 Å². The molecule has 0 aliphatic carbocycles. The highest BCUT2D eigenvalue weighted by Crippen LogP contribution is 2.21. The Bertz CT molecular complexity index is 744. The molecule has 0 spiro atoms. The summed E-state index contributed by atoms with van der Waals surface area (Å²) in [6.45, 7) is 3.97. The van der Waals surface area contributed by atoms with Crippen LogP contribution >= 0.6 is 15.9 Å². The summed E-state index contributed by atoms with van der Waals surface area (Å²) in [6.07, 6.45) is 1.86. The van der Waals surface area contributed by atoms with Crippen LogP contribution in [0.4, 0.5) is 0 Å². The van der Waals surface area contributed by atoms with Crippen molar-refractivity contribution < 1.29 is 0 Å². The maximum absolute atomic E-state index is 5.55. The zero-order valence-corrected chi connectivity index (χ0v) is 12.7. The average Bonchev–Trinajstić information content (AvgIpc) is 3.02. The SMILES string of the molecule is CCn1c(Cn2cc(CN)nn2)nc2cc(Br)ccc21. The molecular formula is C13H15BrN6. The highest BCUT2D eigenvalue weighted by molar-refractivity contribution is 9.10. The average molecular weight is 335 g/mol. The molecule has 2 N–H and O–H groups in total. The first kappa shape index (κ1) is 13.3. The van der Waals surface area contributed by atoms with Gasteiger partial charge < -0.3 is 10.3 Å². The van der Waals surface area contributed by atoms with Gasteiger partial charge in [-0.25, -0.2) is 9.67 Å². The number of nitrogens with zero attached hydrogens (tertiary/aromatic N) is 5. The molecule has 3 aromatic rings. The summed E-state index contributed by atoms with van der Waals surface area (Å²) >= 11 is 3.48. The predicted molar refractivity (Wildman–Crippen MR) is 80.1 cm³/mol. The summed E-state index contributed by atoms with van der Waals surface area (Å²) in [5.41, 5.74) is 8.44. The van der Waals surface area contributed by atoms with E-state index in [1.54, 1.807) is 4.68 Å². The van der Waals surface area contributed by atoms with Crippen molar-refractivity contribution in [2.45, 2.75) is 26.6 Å². The van der Waals surface area contributed by atoms with Gasteiger partial charge in [-0.2, -0.15) is 0 Å². The number of hydrogen-bond donors (Lipinski definition) is 1. The Morgan fingerprint density at radius 2 is 2.20 bits per heavy atom. The van der Waals surface area contributed by atoms with E-state index in [1.165, 1.54) is 0 Å². The monoisotopic (exact) mass is 334 g/mol. The minimum Gasteiger partial charge on any atom is -0.327 e. The number of fused-ring (bicyclic) bond motifs is 1. The zero-order valence-electron chi connectivity index (χ0n) is 11.1. The quantitative estimate of drug-likeness (QED) is 0.790. The largest absolute Gasteiger partial charge is 0.327 e. The summed E-state index contributed by atoms with van der Waals surface area (Å²) in [5, 5.41) is 8.07. The van der Waals surface area contributed by atoms with Crippen molar-refractivity contribution in [3.63, 3.8) is 0 Å². The van der Waals surface area contributed by atoms with Crippen LogP contribution in [-0.2, 0) is 19.6 Å². The number of benzene rings is 1.